The number of benzene rings is 1. The summed E-state index contributed by atoms with van der Waals surface area (Å²) in [4.78, 5) is 24.7. The smallest absolute Gasteiger partial charge is 0.338 e. The quantitative estimate of drug-likeness (QED) is 0.467. The summed E-state index contributed by atoms with van der Waals surface area (Å²) in [6, 6.07) is 2.71. The minimum absolute atomic E-state index is 0.117. The summed E-state index contributed by atoms with van der Waals surface area (Å²) < 4.78 is 5.02. The Bertz CT molecular complexity index is 571. The number of anilines is 1. The Balaban J connectivity index is 2.38. The third-order valence-electron chi connectivity index (χ3n) is 3.59. The summed E-state index contributed by atoms with van der Waals surface area (Å²) in [6.45, 7) is 3.63. The first-order chi connectivity index (χ1) is 10.5. The van der Waals surface area contributed by atoms with E-state index in [1.807, 2.05) is 11.8 Å². The first kappa shape index (κ1) is 16.5. The predicted octanol–water partition coefficient (Wildman–Crippen LogP) is 3.81. The second-order valence-electron chi connectivity index (χ2n) is 5.27. The van der Waals surface area contributed by atoms with E-state index >= 15 is 0 Å². The third-order valence-corrected chi connectivity index (χ3v) is 3.87. The van der Waals surface area contributed by atoms with Crippen LogP contribution in [0.3, 0.4) is 0 Å². The molecule has 0 bridgehead atoms. The molecule has 0 aromatic heterocycles. The molecule has 7 heteroatoms. The molecule has 0 aliphatic carbocycles. The van der Waals surface area contributed by atoms with Crippen LogP contribution in [-0.4, -0.2) is 30.6 Å². The van der Waals surface area contributed by atoms with Crippen LogP contribution in [-0.2, 0) is 4.74 Å². The lowest BCUT2D eigenvalue weighted by atomic mass is 10.1. The van der Waals surface area contributed by atoms with Crippen LogP contribution in [0.5, 0.6) is 0 Å². The predicted molar refractivity (Wildman–Crippen MR) is 84.7 cm³/mol. The van der Waals surface area contributed by atoms with Crippen molar-refractivity contribution in [2.75, 3.05) is 24.6 Å². The minimum atomic E-state index is -0.586. The second-order valence-corrected chi connectivity index (χ2v) is 5.67. The Hall–Kier alpha value is -1.82. The van der Waals surface area contributed by atoms with E-state index in [1.165, 1.54) is 12.1 Å². The zero-order chi connectivity index (χ0) is 16.1. The van der Waals surface area contributed by atoms with Crippen molar-refractivity contribution >= 4 is 28.9 Å². The number of rotatable bonds is 5. The summed E-state index contributed by atoms with van der Waals surface area (Å²) in [6.07, 6.45) is 3.76. The van der Waals surface area contributed by atoms with Gasteiger partial charge in [0, 0.05) is 19.2 Å². The zero-order valence-electron chi connectivity index (χ0n) is 12.5. The van der Waals surface area contributed by atoms with Crippen LogP contribution in [0, 0.1) is 10.1 Å². The lowest BCUT2D eigenvalue weighted by Gasteiger charge is -2.29. The summed E-state index contributed by atoms with van der Waals surface area (Å²) in [5.74, 6) is -0.586. The summed E-state index contributed by atoms with van der Waals surface area (Å²) >= 11 is 6.24. The van der Waals surface area contributed by atoms with Crippen molar-refractivity contribution in [2.45, 2.75) is 32.6 Å². The van der Waals surface area contributed by atoms with Gasteiger partial charge in [-0.25, -0.2) is 4.79 Å². The van der Waals surface area contributed by atoms with Crippen molar-refractivity contribution in [2.24, 2.45) is 0 Å². The number of hydrogen-bond acceptors (Lipinski definition) is 5. The Morgan fingerprint density at radius 3 is 2.64 bits per heavy atom. The van der Waals surface area contributed by atoms with Crippen LogP contribution in [0.4, 0.5) is 11.4 Å². The van der Waals surface area contributed by atoms with Gasteiger partial charge in [0.05, 0.1) is 22.1 Å². The van der Waals surface area contributed by atoms with E-state index in [1.54, 1.807) is 0 Å². The first-order valence-electron chi connectivity index (χ1n) is 7.44. The van der Waals surface area contributed by atoms with Gasteiger partial charge in [-0.2, -0.15) is 0 Å². The van der Waals surface area contributed by atoms with E-state index in [0.717, 1.165) is 32.4 Å². The van der Waals surface area contributed by atoms with Gasteiger partial charge in [-0.3, -0.25) is 10.1 Å². The van der Waals surface area contributed by atoms with Crippen LogP contribution in [0.2, 0.25) is 5.02 Å². The molecule has 120 valence electrons. The average Bonchev–Trinajstić information content (AvgIpc) is 2.52. The van der Waals surface area contributed by atoms with Crippen molar-refractivity contribution in [1.82, 2.24) is 0 Å². The Labute approximate surface area is 134 Å². The van der Waals surface area contributed by atoms with Gasteiger partial charge in [0.25, 0.3) is 5.69 Å². The van der Waals surface area contributed by atoms with E-state index in [2.05, 4.69) is 0 Å². The van der Waals surface area contributed by atoms with Crippen molar-refractivity contribution in [3.63, 3.8) is 0 Å². The van der Waals surface area contributed by atoms with Crippen molar-refractivity contribution < 1.29 is 14.5 Å². The SMILES string of the molecule is CCCOC(=O)c1cc(Cl)c(N2CCCCC2)c([N+](=O)[O-])c1. The number of ether oxygens (including phenoxy) is 1. The van der Waals surface area contributed by atoms with Crippen LogP contribution in [0.15, 0.2) is 12.1 Å². The first-order valence-corrected chi connectivity index (χ1v) is 7.82. The molecule has 6 nitrogen and oxygen atoms in total. The van der Waals surface area contributed by atoms with Gasteiger partial charge in [-0.05, 0) is 31.7 Å². The molecule has 0 saturated carbocycles. The van der Waals surface area contributed by atoms with Gasteiger partial charge in [0.1, 0.15) is 5.69 Å². The maximum absolute atomic E-state index is 11.9. The number of carbonyl (C=O) groups excluding carboxylic acids is 1. The molecular formula is C15H19ClN2O4. The Kier molecular flexibility index (Phi) is 5.60. The number of nitro groups is 1. The summed E-state index contributed by atoms with van der Waals surface area (Å²) in [5, 5.41) is 11.6. The summed E-state index contributed by atoms with van der Waals surface area (Å²) in [5.41, 5.74) is 0.377. The fourth-order valence-corrected chi connectivity index (χ4v) is 2.88. The molecule has 1 heterocycles. The van der Waals surface area contributed by atoms with E-state index in [4.69, 9.17) is 16.3 Å². The van der Waals surface area contributed by atoms with E-state index in [9.17, 15) is 14.9 Å². The highest BCUT2D eigenvalue weighted by atomic mass is 35.5. The van der Waals surface area contributed by atoms with Gasteiger partial charge in [0.2, 0.25) is 0 Å². The number of halogens is 1. The van der Waals surface area contributed by atoms with Gasteiger partial charge in [-0.15, -0.1) is 0 Å². The molecule has 0 spiro atoms. The Morgan fingerprint density at radius 1 is 1.36 bits per heavy atom. The summed E-state index contributed by atoms with van der Waals surface area (Å²) in [7, 11) is 0. The van der Waals surface area contributed by atoms with Crippen LogP contribution in [0.1, 0.15) is 43.0 Å². The largest absolute Gasteiger partial charge is 0.462 e. The van der Waals surface area contributed by atoms with E-state index < -0.39 is 10.9 Å². The maximum Gasteiger partial charge on any atom is 0.338 e. The van der Waals surface area contributed by atoms with Gasteiger partial charge >= 0.3 is 5.97 Å². The second kappa shape index (κ2) is 7.45. The fraction of sp³-hybridized carbons (Fsp3) is 0.533. The van der Waals surface area contributed by atoms with Crippen LogP contribution >= 0.6 is 11.6 Å². The fourth-order valence-electron chi connectivity index (χ4n) is 2.55. The van der Waals surface area contributed by atoms with Crippen LogP contribution in [0.25, 0.3) is 0 Å². The molecule has 0 radical (unpaired) electrons. The molecule has 0 unspecified atom stereocenters. The molecule has 2 rings (SSSR count). The van der Waals surface area contributed by atoms with E-state index in [-0.39, 0.29) is 22.9 Å². The molecule has 22 heavy (non-hydrogen) atoms. The van der Waals surface area contributed by atoms with Crippen molar-refractivity contribution in [3.8, 4) is 0 Å². The lowest BCUT2D eigenvalue weighted by molar-refractivity contribution is -0.384. The lowest BCUT2D eigenvalue weighted by Crippen LogP contribution is -2.30. The molecule has 0 N–H and O–H groups in total. The number of nitrogens with zero attached hydrogens (tertiary/aromatic N) is 2. The van der Waals surface area contributed by atoms with E-state index in [0.29, 0.717) is 12.1 Å². The molecule has 1 aliphatic heterocycles. The molecule has 1 aromatic carbocycles. The van der Waals surface area contributed by atoms with Crippen molar-refractivity contribution in [3.05, 3.63) is 32.8 Å². The highest BCUT2D eigenvalue weighted by Gasteiger charge is 2.27. The topological polar surface area (TPSA) is 72.7 Å². The minimum Gasteiger partial charge on any atom is -0.462 e. The molecule has 1 aliphatic rings. The average molecular weight is 327 g/mol. The number of hydrogen-bond donors (Lipinski definition) is 0. The molecule has 1 fully saturated rings. The number of carbonyl (C=O) groups is 1. The zero-order valence-corrected chi connectivity index (χ0v) is 13.3. The normalized spacial score (nSPS) is 14.7. The third kappa shape index (κ3) is 3.68. The molecule has 0 atom stereocenters. The Morgan fingerprint density at radius 2 is 2.05 bits per heavy atom. The van der Waals surface area contributed by atoms with Gasteiger partial charge in [0.15, 0.2) is 0 Å². The molecule has 1 saturated heterocycles. The highest BCUT2D eigenvalue weighted by Crippen LogP contribution is 2.38. The maximum atomic E-state index is 11.9. The molecule has 0 amide bonds. The highest BCUT2D eigenvalue weighted by molar-refractivity contribution is 6.34. The number of nitro benzene ring substituents is 1. The van der Waals surface area contributed by atoms with Crippen molar-refractivity contribution in [1.29, 1.82) is 0 Å². The monoisotopic (exact) mass is 326 g/mol. The van der Waals surface area contributed by atoms with Gasteiger partial charge < -0.3 is 9.64 Å². The number of piperidine rings is 1. The standard InChI is InChI=1S/C15H19ClN2O4/c1-2-8-22-15(19)11-9-12(16)14(13(10-11)18(20)21)17-6-4-3-5-7-17/h9-10H,2-8H2,1H3. The van der Waals surface area contributed by atoms with Gasteiger partial charge in [-0.1, -0.05) is 18.5 Å². The molecular weight excluding hydrogens is 308 g/mol. The molecule has 1 aromatic rings. The van der Waals surface area contributed by atoms with Crippen LogP contribution < -0.4 is 4.90 Å². The number of esters is 1.